The maximum atomic E-state index is 12.7. The summed E-state index contributed by atoms with van der Waals surface area (Å²) < 4.78 is 37.3. The summed E-state index contributed by atoms with van der Waals surface area (Å²) in [5.41, 5.74) is 0.303. The molecule has 2 aromatic rings. The number of rotatable bonds is 4. The summed E-state index contributed by atoms with van der Waals surface area (Å²) >= 11 is 0. The molecule has 1 atom stereocenters. The first kappa shape index (κ1) is 13.5. The van der Waals surface area contributed by atoms with Crippen molar-refractivity contribution in [3.63, 3.8) is 0 Å². The van der Waals surface area contributed by atoms with Gasteiger partial charge in [0.1, 0.15) is 11.6 Å². The zero-order chi connectivity index (χ0) is 13.8. The van der Waals surface area contributed by atoms with E-state index in [-0.39, 0.29) is 11.5 Å². The van der Waals surface area contributed by atoms with E-state index in [1.807, 2.05) is 0 Å². The number of benzene rings is 2. The average Bonchev–Trinajstić information content (AvgIpc) is 2.40. The highest BCUT2D eigenvalue weighted by Gasteiger charge is 2.12. The second kappa shape index (κ2) is 5.84. The molecule has 0 aliphatic rings. The van der Waals surface area contributed by atoms with E-state index in [0.717, 1.165) is 0 Å². The zero-order valence-electron chi connectivity index (χ0n) is 9.81. The zero-order valence-corrected chi connectivity index (χ0v) is 10.6. The highest BCUT2D eigenvalue weighted by atomic mass is 32.2. The van der Waals surface area contributed by atoms with Gasteiger partial charge >= 0.3 is 0 Å². The van der Waals surface area contributed by atoms with Crippen LogP contribution < -0.4 is 0 Å². The Hall–Kier alpha value is -1.88. The van der Waals surface area contributed by atoms with Gasteiger partial charge in [0.15, 0.2) is 5.78 Å². The Labute approximate surface area is 111 Å². The summed E-state index contributed by atoms with van der Waals surface area (Å²) in [4.78, 5) is 12.2. The molecule has 0 bridgehead atoms. The maximum Gasteiger partial charge on any atom is 0.175 e. The van der Waals surface area contributed by atoms with Crippen LogP contribution in [0.15, 0.2) is 53.4 Å². The Bertz CT molecular complexity index is 551. The second-order valence-electron chi connectivity index (χ2n) is 3.87. The van der Waals surface area contributed by atoms with Crippen LogP contribution in [0, 0.1) is 11.6 Å². The molecule has 0 spiro atoms. The van der Waals surface area contributed by atoms with Crippen molar-refractivity contribution in [1.82, 2.24) is 0 Å². The predicted octanol–water partition coefficient (Wildman–Crippen LogP) is 2.96. The molecule has 0 heterocycles. The van der Waals surface area contributed by atoms with Crippen molar-refractivity contribution in [2.75, 3.05) is 5.75 Å². The van der Waals surface area contributed by atoms with Crippen LogP contribution in [0.5, 0.6) is 0 Å². The summed E-state index contributed by atoms with van der Waals surface area (Å²) in [5, 5.41) is 0. The van der Waals surface area contributed by atoms with E-state index in [2.05, 4.69) is 0 Å². The van der Waals surface area contributed by atoms with Gasteiger partial charge in [0.25, 0.3) is 0 Å². The number of hydrogen-bond donors (Lipinski definition) is 0. The lowest BCUT2D eigenvalue weighted by Gasteiger charge is -2.02. The highest BCUT2D eigenvalue weighted by molar-refractivity contribution is 7.85. The fourth-order valence-electron chi connectivity index (χ4n) is 1.51. The summed E-state index contributed by atoms with van der Waals surface area (Å²) in [7, 11) is -1.54. The van der Waals surface area contributed by atoms with Crippen molar-refractivity contribution >= 4 is 16.6 Å². The lowest BCUT2D eigenvalue weighted by Crippen LogP contribution is -2.11. The molecule has 0 aromatic heterocycles. The van der Waals surface area contributed by atoms with E-state index in [0.29, 0.717) is 10.5 Å². The van der Waals surface area contributed by atoms with Crippen LogP contribution in [0.1, 0.15) is 10.4 Å². The van der Waals surface area contributed by atoms with Gasteiger partial charge in [0.2, 0.25) is 0 Å². The molecular formula is C14H10F2O2S. The number of carbonyl (C=O) groups excluding carboxylic acids is 1. The first-order chi connectivity index (χ1) is 9.06. The highest BCUT2D eigenvalue weighted by Crippen LogP contribution is 2.11. The number of hydrogen-bond acceptors (Lipinski definition) is 2. The van der Waals surface area contributed by atoms with E-state index < -0.39 is 22.4 Å². The number of Topliss-reactive ketones (excluding diaryl/α,β-unsaturated/α-hetero) is 1. The number of carbonyl (C=O) groups is 1. The largest absolute Gasteiger partial charge is 0.293 e. The summed E-state index contributed by atoms with van der Waals surface area (Å²) in [5.74, 6) is -1.42. The van der Waals surface area contributed by atoms with Crippen molar-refractivity contribution in [3.05, 3.63) is 65.7 Å². The van der Waals surface area contributed by atoms with Crippen LogP contribution in [0.2, 0.25) is 0 Å². The summed E-state index contributed by atoms with van der Waals surface area (Å²) in [6.07, 6.45) is 0. The third-order valence-corrected chi connectivity index (χ3v) is 3.83. The lowest BCUT2D eigenvalue weighted by atomic mass is 10.1. The molecule has 19 heavy (non-hydrogen) atoms. The molecule has 1 unspecified atom stereocenters. The van der Waals surface area contributed by atoms with Crippen LogP contribution in [-0.2, 0) is 10.8 Å². The monoisotopic (exact) mass is 280 g/mol. The van der Waals surface area contributed by atoms with Gasteiger partial charge in [-0.2, -0.15) is 0 Å². The lowest BCUT2D eigenvalue weighted by molar-refractivity contribution is 0.102. The third-order valence-electron chi connectivity index (χ3n) is 2.50. The predicted molar refractivity (Wildman–Crippen MR) is 68.4 cm³/mol. The average molecular weight is 280 g/mol. The van der Waals surface area contributed by atoms with Gasteiger partial charge in [-0.1, -0.05) is 0 Å². The minimum absolute atomic E-state index is 0.211. The van der Waals surface area contributed by atoms with Gasteiger partial charge in [-0.15, -0.1) is 0 Å². The van der Waals surface area contributed by atoms with E-state index in [9.17, 15) is 17.8 Å². The van der Waals surface area contributed by atoms with Gasteiger partial charge in [-0.05, 0) is 48.5 Å². The molecule has 2 rings (SSSR count). The molecule has 2 nitrogen and oxygen atoms in total. The van der Waals surface area contributed by atoms with Crippen molar-refractivity contribution in [2.45, 2.75) is 4.90 Å². The van der Waals surface area contributed by atoms with Crippen molar-refractivity contribution in [2.24, 2.45) is 0 Å². The molecule has 0 fully saturated rings. The normalized spacial score (nSPS) is 12.1. The maximum absolute atomic E-state index is 12.7. The topological polar surface area (TPSA) is 34.1 Å². The van der Waals surface area contributed by atoms with Crippen molar-refractivity contribution < 1.29 is 17.8 Å². The van der Waals surface area contributed by atoms with Gasteiger partial charge < -0.3 is 0 Å². The van der Waals surface area contributed by atoms with E-state index in [4.69, 9.17) is 0 Å². The van der Waals surface area contributed by atoms with Crippen LogP contribution >= 0.6 is 0 Å². The van der Waals surface area contributed by atoms with Crippen molar-refractivity contribution in [1.29, 1.82) is 0 Å². The molecule has 98 valence electrons. The first-order valence-corrected chi connectivity index (χ1v) is 6.81. The molecule has 0 amide bonds. The number of halogens is 2. The Morgan fingerprint density at radius 2 is 1.37 bits per heavy atom. The number of ketones is 1. The molecule has 0 N–H and O–H groups in total. The van der Waals surface area contributed by atoms with E-state index in [1.54, 1.807) is 0 Å². The molecule has 0 saturated heterocycles. The van der Waals surface area contributed by atoms with E-state index in [1.165, 1.54) is 48.5 Å². The quantitative estimate of drug-likeness (QED) is 0.807. The smallest absolute Gasteiger partial charge is 0.175 e. The van der Waals surface area contributed by atoms with Crippen LogP contribution in [0.4, 0.5) is 8.78 Å². The van der Waals surface area contributed by atoms with Crippen LogP contribution in [0.3, 0.4) is 0 Å². The van der Waals surface area contributed by atoms with Crippen molar-refractivity contribution in [3.8, 4) is 0 Å². The third kappa shape index (κ3) is 3.54. The van der Waals surface area contributed by atoms with Crippen LogP contribution in [0.25, 0.3) is 0 Å². The van der Waals surface area contributed by atoms with Gasteiger partial charge in [0.05, 0.1) is 16.6 Å². The van der Waals surface area contributed by atoms with Gasteiger partial charge in [0, 0.05) is 10.5 Å². The minimum Gasteiger partial charge on any atom is -0.293 e. The molecule has 0 aliphatic heterocycles. The van der Waals surface area contributed by atoms with Crippen LogP contribution in [-0.4, -0.2) is 15.7 Å². The Morgan fingerprint density at radius 3 is 1.89 bits per heavy atom. The summed E-state index contributed by atoms with van der Waals surface area (Å²) in [6, 6.07) is 10.2. The molecule has 5 heteroatoms. The Morgan fingerprint density at radius 1 is 0.895 bits per heavy atom. The minimum atomic E-state index is -1.54. The van der Waals surface area contributed by atoms with Gasteiger partial charge in [-0.3, -0.25) is 9.00 Å². The van der Waals surface area contributed by atoms with E-state index >= 15 is 0 Å². The second-order valence-corrected chi connectivity index (χ2v) is 5.32. The molecule has 2 aromatic carbocycles. The Balaban J connectivity index is 2.08. The molecule has 0 aliphatic carbocycles. The van der Waals surface area contributed by atoms with Gasteiger partial charge in [-0.25, -0.2) is 8.78 Å². The first-order valence-electron chi connectivity index (χ1n) is 5.49. The SMILES string of the molecule is O=C(CS(=O)c1ccc(F)cc1)c1ccc(F)cc1. The molecule has 0 radical (unpaired) electrons. The molecular weight excluding hydrogens is 270 g/mol. The molecule has 0 saturated carbocycles. The standard InChI is InChI=1S/C14H10F2O2S/c15-11-3-1-10(2-4-11)14(17)9-19(18)13-7-5-12(16)6-8-13/h1-8H,9H2. The summed E-state index contributed by atoms with van der Waals surface area (Å²) in [6.45, 7) is 0. The fraction of sp³-hybridized carbons (Fsp3) is 0.0714. The Kier molecular flexibility index (Phi) is 4.16. The fourth-order valence-corrected chi connectivity index (χ4v) is 2.52.